The van der Waals surface area contributed by atoms with Crippen LogP contribution >= 0.6 is 11.6 Å². The number of aryl methyl sites for hydroxylation is 2. The third-order valence-electron chi connectivity index (χ3n) is 6.06. The highest BCUT2D eigenvalue weighted by Gasteiger charge is 2.33. The van der Waals surface area contributed by atoms with Gasteiger partial charge >= 0.3 is 0 Å². The van der Waals surface area contributed by atoms with Crippen LogP contribution in [0.3, 0.4) is 0 Å². The summed E-state index contributed by atoms with van der Waals surface area (Å²) in [6.45, 7) is 6.30. The van der Waals surface area contributed by atoms with Gasteiger partial charge in [-0.05, 0) is 61.6 Å². The molecule has 1 N–H and O–H groups in total. The minimum atomic E-state index is -0.830. The number of hydrogen-bond donors (Lipinski definition) is 1. The van der Waals surface area contributed by atoms with Crippen molar-refractivity contribution in [3.8, 4) is 11.5 Å². The highest BCUT2D eigenvalue weighted by Crippen LogP contribution is 2.29. The smallest absolute Gasteiger partial charge is 0.138 e. The molecular formula is C26H32ClN3O3. The number of nitrogens with zero attached hydrogens (tertiary/aromatic N) is 3. The van der Waals surface area contributed by atoms with E-state index in [0.717, 1.165) is 43.9 Å². The second kappa shape index (κ2) is 11.1. The molecule has 4 rings (SSSR count). The van der Waals surface area contributed by atoms with Gasteiger partial charge < -0.3 is 19.1 Å². The van der Waals surface area contributed by atoms with E-state index in [1.807, 2.05) is 49.8 Å². The van der Waals surface area contributed by atoms with Crippen LogP contribution in [0.1, 0.15) is 30.4 Å². The summed E-state index contributed by atoms with van der Waals surface area (Å²) in [6.07, 6.45) is 7.84. The standard InChI is InChI=1S/C26H32ClN3O3/c1-21-6-7-24(27)25(16-21)33-19-26(31)8-12-29(13-9-26)18-22-4-2-5-23(17-22)32-15-3-11-30-14-10-28-20-30/h2,4-7,10,14,16-17,20,31H,3,8-9,11-13,15,18-19H2,1H3. The molecule has 2 heterocycles. The van der Waals surface area contributed by atoms with Crippen LogP contribution < -0.4 is 9.47 Å². The summed E-state index contributed by atoms with van der Waals surface area (Å²) in [5, 5.41) is 11.6. The molecule has 6 nitrogen and oxygen atoms in total. The Hall–Kier alpha value is -2.54. The van der Waals surface area contributed by atoms with E-state index >= 15 is 0 Å². The Labute approximate surface area is 200 Å². The first-order valence-corrected chi connectivity index (χ1v) is 11.9. The Bertz CT molecular complexity index is 1020. The first kappa shape index (κ1) is 23.6. The monoisotopic (exact) mass is 469 g/mol. The molecule has 1 aliphatic heterocycles. The quantitative estimate of drug-likeness (QED) is 0.435. The van der Waals surface area contributed by atoms with Gasteiger partial charge in [-0.2, -0.15) is 0 Å². The van der Waals surface area contributed by atoms with E-state index in [1.165, 1.54) is 5.56 Å². The van der Waals surface area contributed by atoms with Crippen molar-refractivity contribution < 1.29 is 14.6 Å². The average molecular weight is 470 g/mol. The molecule has 0 amide bonds. The molecular weight excluding hydrogens is 438 g/mol. The maximum atomic E-state index is 11.0. The lowest BCUT2D eigenvalue weighted by molar-refractivity contribution is -0.0537. The molecule has 1 fully saturated rings. The number of hydrogen-bond acceptors (Lipinski definition) is 5. The fourth-order valence-electron chi connectivity index (χ4n) is 4.05. The van der Waals surface area contributed by atoms with Crippen LogP contribution in [-0.4, -0.2) is 51.5 Å². The largest absolute Gasteiger partial charge is 0.494 e. The molecule has 0 aliphatic carbocycles. The number of aliphatic hydroxyl groups is 1. The van der Waals surface area contributed by atoms with E-state index in [-0.39, 0.29) is 6.61 Å². The number of aromatic nitrogens is 2. The summed E-state index contributed by atoms with van der Waals surface area (Å²) in [5.74, 6) is 1.53. The van der Waals surface area contributed by atoms with Gasteiger partial charge in [-0.25, -0.2) is 4.98 Å². The number of imidazole rings is 1. The summed E-state index contributed by atoms with van der Waals surface area (Å²) in [6, 6.07) is 14.0. The lowest BCUT2D eigenvalue weighted by Gasteiger charge is -2.38. The summed E-state index contributed by atoms with van der Waals surface area (Å²) < 4.78 is 13.9. The number of benzene rings is 2. The van der Waals surface area contributed by atoms with Gasteiger partial charge in [0.05, 0.1) is 18.0 Å². The SMILES string of the molecule is Cc1ccc(Cl)c(OCC2(O)CCN(Cc3cccc(OCCCn4ccnc4)c3)CC2)c1. The Morgan fingerprint density at radius 1 is 1.12 bits per heavy atom. The zero-order chi connectivity index (χ0) is 23.1. The van der Waals surface area contributed by atoms with Crippen molar-refractivity contribution >= 4 is 11.6 Å². The number of ether oxygens (including phenoxy) is 2. The first-order chi connectivity index (χ1) is 16.0. The zero-order valence-corrected chi connectivity index (χ0v) is 19.9. The lowest BCUT2D eigenvalue weighted by Crippen LogP contribution is -2.47. The van der Waals surface area contributed by atoms with Crippen LogP contribution in [0, 0.1) is 6.92 Å². The molecule has 0 bridgehead atoms. The molecule has 7 heteroatoms. The third-order valence-corrected chi connectivity index (χ3v) is 6.38. The molecule has 1 aliphatic rings. The molecule has 1 aromatic heterocycles. The van der Waals surface area contributed by atoms with Crippen LogP contribution in [0.25, 0.3) is 0 Å². The molecule has 0 unspecified atom stereocenters. The van der Waals surface area contributed by atoms with Crippen molar-refractivity contribution in [1.82, 2.24) is 14.5 Å². The van der Waals surface area contributed by atoms with Crippen molar-refractivity contribution in [2.24, 2.45) is 0 Å². The minimum Gasteiger partial charge on any atom is -0.494 e. The second-order valence-electron chi connectivity index (χ2n) is 8.87. The molecule has 1 saturated heterocycles. The predicted octanol–water partition coefficient (Wildman–Crippen LogP) is 4.72. The maximum absolute atomic E-state index is 11.0. The van der Waals surface area contributed by atoms with Gasteiger partial charge in [-0.15, -0.1) is 0 Å². The molecule has 0 saturated carbocycles. The maximum Gasteiger partial charge on any atom is 0.138 e. The van der Waals surface area contributed by atoms with Crippen LogP contribution in [0.15, 0.2) is 61.2 Å². The lowest BCUT2D eigenvalue weighted by atomic mass is 9.92. The Balaban J connectivity index is 1.21. The summed E-state index contributed by atoms with van der Waals surface area (Å²) in [5.41, 5.74) is 1.47. The molecule has 33 heavy (non-hydrogen) atoms. The number of likely N-dealkylation sites (tertiary alicyclic amines) is 1. The van der Waals surface area contributed by atoms with Gasteiger partial charge in [0.15, 0.2) is 0 Å². The van der Waals surface area contributed by atoms with Crippen LogP contribution in [-0.2, 0) is 13.1 Å². The Morgan fingerprint density at radius 2 is 1.97 bits per heavy atom. The van der Waals surface area contributed by atoms with Crippen molar-refractivity contribution in [3.63, 3.8) is 0 Å². The second-order valence-corrected chi connectivity index (χ2v) is 9.28. The van der Waals surface area contributed by atoms with E-state index in [2.05, 4.69) is 26.6 Å². The van der Waals surface area contributed by atoms with Crippen molar-refractivity contribution in [1.29, 1.82) is 0 Å². The first-order valence-electron chi connectivity index (χ1n) is 11.5. The molecule has 0 radical (unpaired) electrons. The van der Waals surface area contributed by atoms with Gasteiger partial charge in [0, 0.05) is 38.6 Å². The Morgan fingerprint density at radius 3 is 2.76 bits per heavy atom. The van der Waals surface area contributed by atoms with Crippen molar-refractivity contribution in [2.45, 2.75) is 44.9 Å². The fraction of sp³-hybridized carbons (Fsp3) is 0.423. The van der Waals surface area contributed by atoms with E-state index in [4.69, 9.17) is 21.1 Å². The van der Waals surface area contributed by atoms with E-state index in [0.29, 0.717) is 30.2 Å². The summed E-state index contributed by atoms with van der Waals surface area (Å²) in [7, 11) is 0. The van der Waals surface area contributed by atoms with Gasteiger partial charge in [-0.3, -0.25) is 4.90 Å². The zero-order valence-electron chi connectivity index (χ0n) is 19.1. The Kier molecular flexibility index (Phi) is 7.91. The third kappa shape index (κ3) is 6.97. The molecule has 2 aromatic carbocycles. The van der Waals surface area contributed by atoms with Gasteiger partial charge in [0.25, 0.3) is 0 Å². The van der Waals surface area contributed by atoms with Gasteiger partial charge in [-0.1, -0.05) is 29.8 Å². The fourth-order valence-corrected chi connectivity index (χ4v) is 4.23. The number of piperidine rings is 1. The molecule has 176 valence electrons. The molecule has 3 aromatic rings. The predicted molar refractivity (Wildman–Crippen MR) is 130 cm³/mol. The van der Waals surface area contributed by atoms with E-state index in [1.54, 1.807) is 6.20 Å². The summed E-state index contributed by atoms with van der Waals surface area (Å²) >= 11 is 6.22. The molecule has 0 spiro atoms. The van der Waals surface area contributed by atoms with Gasteiger partial charge in [0.1, 0.15) is 23.7 Å². The number of halogens is 1. The minimum absolute atomic E-state index is 0.256. The van der Waals surface area contributed by atoms with Crippen molar-refractivity contribution in [3.05, 3.63) is 77.3 Å². The van der Waals surface area contributed by atoms with E-state index in [9.17, 15) is 5.11 Å². The van der Waals surface area contributed by atoms with Crippen LogP contribution in [0.5, 0.6) is 11.5 Å². The van der Waals surface area contributed by atoms with Crippen LogP contribution in [0.4, 0.5) is 0 Å². The molecule has 0 atom stereocenters. The topological polar surface area (TPSA) is 59.8 Å². The summed E-state index contributed by atoms with van der Waals surface area (Å²) in [4.78, 5) is 6.42. The number of rotatable bonds is 10. The van der Waals surface area contributed by atoms with E-state index < -0.39 is 5.60 Å². The normalized spacial score (nSPS) is 16.0. The highest BCUT2D eigenvalue weighted by molar-refractivity contribution is 6.32. The van der Waals surface area contributed by atoms with Crippen LogP contribution in [0.2, 0.25) is 5.02 Å². The highest BCUT2D eigenvalue weighted by atomic mass is 35.5. The average Bonchev–Trinajstić information content (AvgIpc) is 3.33. The van der Waals surface area contributed by atoms with Gasteiger partial charge in [0.2, 0.25) is 0 Å². The van der Waals surface area contributed by atoms with Crippen molar-refractivity contribution in [2.75, 3.05) is 26.3 Å².